The molecule has 2 heterocycles. The summed E-state index contributed by atoms with van der Waals surface area (Å²) in [6, 6.07) is 5.82. The van der Waals surface area contributed by atoms with Gasteiger partial charge in [-0.05, 0) is 29.8 Å². The van der Waals surface area contributed by atoms with Gasteiger partial charge in [-0.25, -0.2) is 36.3 Å². The zero-order valence-electron chi connectivity index (χ0n) is 18.3. The van der Waals surface area contributed by atoms with E-state index < -0.39 is 44.0 Å². The van der Waals surface area contributed by atoms with Crippen molar-refractivity contribution in [1.82, 2.24) is 18.1 Å². The molecule has 0 aliphatic carbocycles. The monoisotopic (exact) mass is 539 g/mol. The molecule has 0 radical (unpaired) electrons. The number of aromatic nitrogens is 4. The number of carbonyl (C=O) groups is 1. The summed E-state index contributed by atoms with van der Waals surface area (Å²) in [6.45, 7) is -0.507. The third kappa shape index (κ3) is 4.59. The van der Waals surface area contributed by atoms with Crippen LogP contribution < -0.4 is 21.7 Å². The molecule has 188 valence electrons. The van der Waals surface area contributed by atoms with Crippen LogP contribution in [0.15, 0.2) is 52.3 Å². The molecule has 0 spiro atoms. The first-order valence-electron chi connectivity index (χ1n) is 9.97. The SMILES string of the molecule is CS(=O)(=O)n1c(=O)n(C(N)=O)c2ccc(Cn3cnc(OCc4ccc(F)cc4F)c(Cl)c3=O)cc21. The fourth-order valence-electron chi connectivity index (χ4n) is 3.49. The van der Waals surface area contributed by atoms with Crippen LogP contribution in [0.25, 0.3) is 11.0 Å². The van der Waals surface area contributed by atoms with Crippen molar-refractivity contribution < 1.29 is 26.7 Å². The first-order valence-corrected chi connectivity index (χ1v) is 12.2. The van der Waals surface area contributed by atoms with Crippen molar-refractivity contribution in [2.24, 2.45) is 5.73 Å². The van der Waals surface area contributed by atoms with Crippen LogP contribution in [0.4, 0.5) is 13.6 Å². The fraction of sp³-hybridized carbons (Fsp3) is 0.143. The topological polar surface area (TPSA) is 148 Å². The second-order valence-electron chi connectivity index (χ2n) is 7.63. The van der Waals surface area contributed by atoms with Crippen LogP contribution in [0.3, 0.4) is 0 Å². The molecule has 0 atom stereocenters. The minimum Gasteiger partial charge on any atom is -0.471 e. The highest BCUT2D eigenvalue weighted by Crippen LogP contribution is 2.21. The van der Waals surface area contributed by atoms with Gasteiger partial charge in [0.15, 0.2) is 5.02 Å². The van der Waals surface area contributed by atoms with E-state index >= 15 is 0 Å². The lowest BCUT2D eigenvalue weighted by Crippen LogP contribution is -2.35. The molecular weight excluding hydrogens is 524 g/mol. The molecule has 4 rings (SSSR count). The quantitative estimate of drug-likeness (QED) is 0.391. The van der Waals surface area contributed by atoms with Gasteiger partial charge in [0.1, 0.15) is 24.6 Å². The fourth-order valence-corrected chi connectivity index (χ4v) is 4.57. The van der Waals surface area contributed by atoms with Gasteiger partial charge in [-0.3, -0.25) is 9.36 Å². The van der Waals surface area contributed by atoms with Gasteiger partial charge in [0.2, 0.25) is 15.9 Å². The number of fused-ring (bicyclic) bond motifs is 1. The molecule has 2 aromatic heterocycles. The van der Waals surface area contributed by atoms with Gasteiger partial charge in [0.25, 0.3) is 5.56 Å². The molecular formula is C21H16ClF2N5O6S. The van der Waals surface area contributed by atoms with E-state index in [1.807, 2.05) is 0 Å². The molecule has 1 amide bonds. The summed E-state index contributed by atoms with van der Waals surface area (Å²) in [5.41, 5.74) is 3.57. The number of amides is 1. The van der Waals surface area contributed by atoms with Crippen molar-refractivity contribution in [2.75, 3.05) is 6.26 Å². The van der Waals surface area contributed by atoms with Crippen molar-refractivity contribution in [3.05, 3.63) is 91.3 Å². The Labute approximate surface area is 206 Å². The maximum Gasteiger partial charge on any atom is 0.351 e. The van der Waals surface area contributed by atoms with Gasteiger partial charge in [0, 0.05) is 11.6 Å². The lowest BCUT2D eigenvalue weighted by molar-refractivity contribution is 0.250. The predicted octanol–water partition coefficient (Wildman–Crippen LogP) is 1.65. The minimum absolute atomic E-state index is 0.0200. The first-order chi connectivity index (χ1) is 16.9. The number of nitrogens with two attached hydrogens (primary N) is 1. The minimum atomic E-state index is -4.11. The molecule has 0 saturated heterocycles. The predicted molar refractivity (Wildman–Crippen MR) is 125 cm³/mol. The number of halogens is 3. The smallest absolute Gasteiger partial charge is 0.351 e. The molecule has 0 fully saturated rings. The van der Waals surface area contributed by atoms with Crippen LogP contribution in [0, 0.1) is 11.6 Å². The molecule has 0 unspecified atom stereocenters. The van der Waals surface area contributed by atoms with Crippen LogP contribution in [0.1, 0.15) is 11.1 Å². The Morgan fingerprint density at radius 1 is 1.14 bits per heavy atom. The van der Waals surface area contributed by atoms with E-state index in [0.29, 0.717) is 20.2 Å². The van der Waals surface area contributed by atoms with Crippen LogP contribution in [0.5, 0.6) is 5.88 Å². The van der Waals surface area contributed by atoms with E-state index in [1.165, 1.54) is 24.3 Å². The van der Waals surface area contributed by atoms with E-state index in [1.54, 1.807) is 0 Å². The average molecular weight is 540 g/mol. The summed E-state index contributed by atoms with van der Waals surface area (Å²) in [4.78, 5) is 40.9. The van der Waals surface area contributed by atoms with E-state index in [2.05, 4.69) is 4.98 Å². The maximum absolute atomic E-state index is 13.8. The van der Waals surface area contributed by atoms with Crippen molar-refractivity contribution in [3.8, 4) is 5.88 Å². The number of hydrogen-bond acceptors (Lipinski definition) is 7. The summed E-state index contributed by atoms with van der Waals surface area (Å²) in [6.07, 6.45) is 1.89. The van der Waals surface area contributed by atoms with Gasteiger partial charge in [-0.1, -0.05) is 17.7 Å². The summed E-state index contributed by atoms with van der Waals surface area (Å²) < 4.78 is 58.5. The number of rotatable bonds is 6. The van der Waals surface area contributed by atoms with E-state index in [0.717, 1.165) is 23.2 Å². The second-order valence-corrected chi connectivity index (χ2v) is 9.84. The van der Waals surface area contributed by atoms with Crippen LogP contribution in [0.2, 0.25) is 5.02 Å². The first kappa shape index (κ1) is 25.1. The maximum atomic E-state index is 13.8. The standard InChI is InChI=1S/C21H16ClF2N5O6S/c1-36(33,34)29-16-6-11(2-5-15(16)28(20(25)31)21(29)32)8-27-10-26-18(17(22)19(27)30)35-9-12-3-4-13(23)7-14(12)24/h2-7,10H,8-9H2,1H3,(H2,25,31). The number of primary amides is 1. The molecule has 11 nitrogen and oxygen atoms in total. The summed E-state index contributed by atoms with van der Waals surface area (Å²) >= 11 is 6.08. The number of nitrogens with zero attached hydrogens (tertiary/aromatic N) is 4. The largest absolute Gasteiger partial charge is 0.471 e. The Morgan fingerprint density at radius 2 is 1.86 bits per heavy atom. The Kier molecular flexibility index (Phi) is 6.41. The van der Waals surface area contributed by atoms with Crippen molar-refractivity contribution in [2.45, 2.75) is 13.2 Å². The Balaban J connectivity index is 1.66. The molecule has 15 heteroatoms. The van der Waals surface area contributed by atoms with Crippen molar-refractivity contribution in [3.63, 3.8) is 0 Å². The van der Waals surface area contributed by atoms with Crippen molar-refractivity contribution in [1.29, 1.82) is 0 Å². The average Bonchev–Trinajstić information content (AvgIpc) is 3.09. The van der Waals surface area contributed by atoms with Crippen LogP contribution in [-0.2, 0) is 23.2 Å². The highest BCUT2D eigenvalue weighted by Gasteiger charge is 2.23. The molecule has 4 aromatic rings. The molecule has 0 aliphatic heterocycles. The number of hydrogen-bond donors (Lipinski definition) is 1. The molecule has 0 bridgehead atoms. The second kappa shape index (κ2) is 9.20. The normalized spacial score (nSPS) is 11.7. The van der Waals surface area contributed by atoms with Gasteiger partial charge in [0.05, 0.1) is 23.8 Å². The third-order valence-electron chi connectivity index (χ3n) is 5.10. The summed E-state index contributed by atoms with van der Waals surface area (Å²) in [5.74, 6) is -1.87. The van der Waals surface area contributed by atoms with Gasteiger partial charge < -0.3 is 10.5 Å². The zero-order chi connectivity index (χ0) is 26.4. The zero-order valence-corrected chi connectivity index (χ0v) is 19.9. The molecule has 2 aromatic carbocycles. The summed E-state index contributed by atoms with van der Waals surface area (Å²) in [5, 5.41) is -0.408. The van der Waals surface area contributed by atoms with E-state index in [9.17, 15) is 31.6 Å². The molecule has 36 heavy (non-hydrogen) atoms. The number of imidazole rings is 1. The summed E-state index contributed by atoms with van der Waals surface area (Å²) in [7, 11) is -4.11. The number of ether oxygens (including phenoxy) is 1. The molecule has 0 saturated carbocycles. The van der Waals surface area contributed by atoms with E-state index in [-0.39, 0.29) is 35.6 Å². The molecule has 2 N–H and O–H groups in total. The Morgan fingerprint density at radius 3 is 2.50 bits per heavy atom. The van der Waals surface area contributed by atoms with Crippen LogP contribution in [-0.4, -0.2) is 38.8 Å². The van der Waals surface area contributed by atoms with Crippen molar-refractivity contribution >= 4 is 38.7 Å². The molecule has 0 aliphatic rings. The van der Waals surface area contributed by atoms with Gasteiger partial charge in [-0.2, -0.15) is 3.97 Å². The lowest BCUT2D eigenvalue weighted by Gasteiger charge is -2.11. The van der Waals surface area contributed by atoms with Crippen LogP contribution >= 0.6 is 11.6 Å². The third-order valence-corrected chi connectivity index (χ3v) is 6.44. The highest BCUT2D eigenvalue weighted by molar-refractivity contribution is 7.89. The Bertz CT molecular complexity index is 1760. The highest BCUT2D eigenvalue weighted by atomic mass is 35.5. The number of benzene rings is 2. The van der Waals surface area contributed by atoms with Gasteiger partial charge >= 0.3 is 11.7 Å². The Hall–Kier alpha value is -4.04. The van der Waals surface area contributed by atoms with Gasteiger partial charge in [-0.15, -0.1) is 0 Å². The lowest BCUT2D eigenvalue weighted by atomic mass is 10.2. The van der Waals surface area contributed by atoms with E-state index in [4.69, 9.17) is 22.1 Å². The number of carbonyl (C=O) groups excluding carboxylic acids is 1.